The summed E-state index contributed by atoms with van der Waals surface area (Å²) in [6.45, 7) is 4.09. The van der Waals surface area contributed by atoms with Crippen LogP contribution in [0.15, 0.2) is 5.38 Å². The molecule has 1 aliphatic carbocycles. The molecule has 1 aliphatic rings. The summed E-state index contributed by atoms with van der Waals surface area (Å²) in [5.74, 6) is 0.419. The van der Waals surface area contributed by atoms with Gasteiger partial charge in [-0.25, -0.2) is 0 Å². The second-order valence-electron chi connectivity index (χ2n) is 3.80. The van der Waals surface area contributed by atoms with Gasteiger partial charge in [0.05, 0.1) is 9.90 Å². The van der Waals surface area contributed by atoms with E-state index in [1.54, 1.807) is 11.3 Å². The van der Waals surface area contributed by atoms with Crippen molar-refractivity contribution >= 4 is 22.9 Å². The van der Waals surface area contributed by atoms with Gasteiger partial charge in [-0.05, 0) is 30.2 Å². The van der Waals surface area contributed by atoms with Gasteiger partial charge in [-0.1, -0.05) is 24.9 Å². The minimum absolute atomic E-state index is 0.419. The summed E-state index contributed by atoms with van der Waals surface area (Å²) in [5.41, 5.74) is 0.488. The van der Waals surface area contributed by atoms with Gasteiger partial charge in [0.25, 0.3) is 0 Å². The van der Waals surface area contributed by atoms with Crippen molar-refractivity contribution in [2.45, 2.75) is 32.3 Å². The van der Waals surface area contributed by atoms with E-state index in [4.69, 9.17) is 11.6 Å². The fourth-order valence-electron chi connectivity index (χ4n) is 1.80. The molecule has 0 aromatic carbocycles. The van der Waals surface area contributed by atoms with Crippen molar-refractivity contribution in [1.82, 2.24) is 0 Å². The van der Waals surface area contributed by atoms with E-state index in [0.29, 0.717) is 5.92 Å². The van der Waals surface area contributed by atoms with Gasteiger partial charge in [-0.2, -0.15) is 0 Å². The Kier molecular flexibility index (Phi) is 2.17. The van der Waals surface area contributed by atoms with Gasteiger partial charge in [0, 0.05) is 0 Å². The third-order valence-corrected chi connectivity index (χ3v) is 4.72. The Morgan fingerprint density at radius 1 is 1.77 bits per heavy atom. The molecular weight excluding hydrogens is 204 g/mol. The number of halogens is 1. The lowest BCUT2D eigenvalue weighted by Crippen LogP contribution is -2.06. The van der Waals surface area contributed by atoms with Gasteiger partial charge in [-0.3, -0.25) is 0 Å². The van der Waals surface area contributed by atoms with Gasteiger partial charge < -0.3 is 5.11 Å². The van der Waals surface area contributed by atoms with Crippen molar-refractivity contribution in [1.29, 1.82) is 0 Å². The Bertz CT molecular complexity index is 334. The van der Waals surface area contributed by atoms with E-state index in [1.807, 2.05) is 12.3 Å². The zero-order chi connectivity index (χ0) is 9.64. The average Bonchev–Trinajstić information content (AvgIpc) is 2.66. The highest BCUT2D eigenvalue weighted by Crippen LogP contribution is 2.57. The quantitative estimate of drug-likeness (QED) is 0.804. The SMILES string of the molecule is CCC1CC1(O)c1scc(C)c1Cl. The van der Waals surface area contributed by atoms with Crippen LogP contribution in [0.1, 0.15) is 30.2 Å². The summed E-state index contributed by atoms with van der Waals surface area (Å²) >= 11 is 7.69. The average molecular weight is 217 g/mol. The summed E-state index contributed by atoms with van der Waals surface area (Å²) in [4.78, 5) is 0.971. The zero-order valence-corrected chi connectivity index (χ0v) is 9.37. The molecule has 1 nitrogen and oxygen atoms in total. The van der Waals surface area contributed by atoms with E-state index in [-0.39, 0.29) is 0 Å². The number of aliphatic hydroxyl groups is 1. The zero-order valence-electron chi connectivity index (χ0n) is 7.80. The third-order valence-electron chi connectivity index (χ3n) is 2.86. The van der Waals surface area contributed by atoms with Crippen LogP contribution in [-0.2, 0) is 5.60 Å². The summed E-state index contributed by atoms with van der Waals surface area (Å²) in [6, 6.07) is 0. The fourth-order valence-corrected chi connectivity index (χ4v) is 3.35. The molecule has 13 heavy (non-hydrogen) atoms. The molecule has 1 N–H and O–H groups in total. The maximum Gasteiger partial charge on any atom is 0.104 e. The van der Waals surface area contributed by atoms with Crippen LogP contribution < -0.4 is 0 Å². The van der Waals surface area contributed by atoms with Crippen LogP contribution in [0.5, 0.6) is 0 Å². The highest BCUT2D eigenvalue weighted by Gasteiger charge is 2.54. The molecule has 0 aliphatic heterocycles. The third kappa shape index (κ3) is 1.32. The van der Waals surface area contributed by atoms with Crippen LogP contribution in [0.4, 0.5) is 0 Å². The van der Waals surface area contributed by atoms with Crippen LogP contribution >= 0.6 is 22.9 Å². The van der Waals surface area contributed by atoms with Gasteiger partial charge >= 0.3 is 0 Å². The molecule has 1 aromatic rings. The van der Waals surface area contributed by atoms with Gasteiger partial charge in [0.1, 0.15) is 5.60 Å². The lowest BCUT2D eigenvalue weighted by Gasteiger charge is -2.07. The van der Waals surface area contributed by atoms with Crippen molar-refractivity contribution in [3.05, 3.63) is 20.8 Å². The largest absolute Gasteiger partial charge is 0.384 e. The number of hydrogen-bond donors (Lipinski definition) is 1. The molecular formula is C10H13ClOS. The predicted molar refractivity (Wildman–Crippen MR) is 56.4 cm³/mol. The van der Waals surface area contributed by atoms with Crippen LogP contribution in [0.2, 0.25) is 5.02 Å². The van der Waals surface area contributed by atoms with E-state index in [0.717, 1.165) is 28.3 Å². The van der Waals surface area contributed by atoms with Crippen molar-refractivity contribution in [2.24, 2.45) is 5.92 Å². The van der Waals surface area contributed by atoms with Crippen molar-refractivity contribution < 1.29 is 5.11 Å². The van der Waals surface area contributed by atoms with E-state index >= 15 is 0 Å². The van der Waals surface area contributed by atoms with Crippen LogP contribution in [0.3, 0.4) is 0 Å². The second kappa shape index (κ2) is 2.97. The van der Waals surface area contributed by atoms with Crippen LogP contribution in [-0.4, -0.2) is 5.11 Å². The van der Waals surface area contributed by atoms with Gasteiger partial charge in [0.2, 0.25) is 0 Å². The van der Waals surface area contributed by atoms with E-state index in [1.165, 1.54) is 0 Å². The Hall–Kier alpha value is -0.0500. The van der Waals surface area contributed by atoms with Gasteiger partial charge in [-0.15, -0.1) is 11.3 Å². The Morgan fingerprint density at radius 3 is 2.85 bits per heavy atom. The first-order chi connectivity index (χ1) is 6.09. The van der Waals surface area contributed by atoms with Crippen molar-refractivity contribution in [2.75, 3.05) is 0 Å². The Labute approximate surface area is 87.4 Å². The lowest BCUT2D eigenvalue weighted by atomic mass is 10.1. The molecule has 72 valence electrons. The molecule has 1 fully saturated rings. The minimum atomic E-state index is -0.593. The molecule has 2 unspecified atom stereocenters. The summed E-state index contributed by atoms with van der Waals surface area (Å²) < 4.78 is 0. The first kappa shape index (κ1) is 9.50. The number of rotatable bonds is 2. The first-order valence-electron chi connectivity index (χ1n) is 4.56. The monoisotopic (exact) mass is 216 g/mol. The van der Waals surface area contributed by atoms with E-state index in [2.05, 4.69) is 6.92 Å². The molecule has 0 radical (unpaired) electrons. The van der Waals surface area contributed by atoms with Gasteiger partial charge in [0.15, 0.2) is 0 Å². The smallest absolute Gasteiger partial charge is 0.104 e. The normalized spacial score (nSPS) is 32.2. The molecule has 0 amide bonds. The molecule has 2 rings (SSSR count). The van der Waals surface area contributed by atoms with E-state index in [9.17, 15) is 5.11 Å². The highest BCUT2D eigenvalue weighted by atomic mass is 35.5. The fraction of sp³-hybridized carbons (Fsp3) is 0.600. The Morgan fingerprint density at radius 2 is 2.46 bits per heavy atom. The topological polar surface area (TPSA) is 20.2 Å². The van der Waals surface area contributed by atoms with E-state index < -0.39 is 5.60 Å². The van der Waals surface area contributed by atoms with Crippen molar-refractivity contribution in [3.8, 4) is 0 Å². The number of aryl methyl sites for hydroxylation is 1. The molecule has 0 spiro atoms. The maximum atomic E-state index is 10.2. The minimum Gasteiger partial charge on any atom is -0.384 e. The number of hydrogen-bond acceptors (Lipinski definition) is 2. The number of thiophene rings is 1. The first-order valence-corrected chi connectivity index (χ1v) is 5.81. The highest BCUT2D eigenvalue weighted by molar-refractivity contribution is 7.11. The Balaban J connectivity index is 2.32. The predicted octanol–water partition coefficient (Wildman–Crippen LogP) is 3.33. The summed E-state index contributed by atoms with van der Waals surface area (Å²) in [6.07, 6.45) is 1.91. The maximum absolute atomic E-state index is 10.2. The molecule has 2 atom stereocenters. The van der Waals surface area contributed by atoms with Crippen molar-refractivity contribution in [3.63, 3.8) is 0 Å². The molecule has 1 heterocycles. The molecule has 1 saturated carbocycles. The summed E-state index contributed by atoms with van der Waals surface area (Å²) in [7, 11) is 0. The standard InChI is InChI=1S/C10H13ClOS/c1-3-7-4-10(7,12)9-8(11)6(2)5-13-9/h5,7,12H,3-4H2,1-2H3. The lowest BCUT2D eigenvalue weighted by molar-refractivity contribution is 0.134. The molecule has 0 saturated heterocycles. The summed E-state index contributed by atoms with van der Waals surface area (Å²) in [5, 5.41) is 13.0. The molecule has 1 aromatic heterocycles. The molecule has 0 bridgehead atoms. The molecule has 3 heteroatoms. The van der Waals surface area contributed by atoms with Crippen LogP contribution in [0, 0.1) is 12.8 Å². The second-order valence-corrected chi connectivity index (χ2v) is 5.05. The van der Waals surface area contributed by atoms with Crippen LogP contribution in [0.25, 0.3) is 0 Å².